The monoisotopic (exact) mass is 275 g/mol. The van der Waals surface area contributed by atoms with E-state index in [4.69, 9.17) is 0 Å². The third kappa shape index (κ3) is 4.06. The molecule has 0 aromatic heterocycles. The van der Waals surface area contributed by atoms with Gasteiger partial charge in [0.2, 0.25) is 0 Å². The van der Waals surface area contributed by atoms with E-state index in [0.29, 0.717) is 0 Å². The molecule has 0 bridgehead atoms. The van der Waals surface area contributed by atoms with Crippen molar-refractivity contribution in [1.29, 1.82) is 0 Å². The first-order valence-corrected chi connectivity index (χ1v) is 7.18. The number of aliphatic imine (C=N–C) groups is 1. The summed E-state index contributed by atoms with van der Waals surface area (Å²) in [5.41, 5.74) is 1.67. The molecule has 0 atom stereocenters. The zero-order valence-electron chi connectivity index (χ0n) is 12.1. The van der Waals surface area contributed by atoms with E-state index in [0.717, 1.165) is 33.8 Å². The van der Waals surface area contributed by atoms with Crippen LogP contribution < -0.4 is 0 Å². The Bertz CT molecular complexity index is 498. The van der Waals surface area contributed by atoms with Crippen LogP contribution in [0.15, 0.2) is 44.8 Å². The Labute approximate surface area is 120 Å². The fourth-order valence-electron chi connectivity index (χ4n) is 1.84. The number of allylic oxidation sites excluding steroid dienone is 2. The van der Waals surface area contributed by atoms with Crippen LogP contribution in [-0.2, 0) is 0 Å². The second kappa shape index (κ2) is 6.71. The van der Waals surface area contributed by atoms with Crippen LogP contribution in [0.1, 0.15) is 44.5 Å². The second-order valence-corrected chi connectivity index (χ2v) is 6.43. The Kier molecular flexibility index (Phi) is 5.55. The lowest BCUT2D eigenvalue weighted by molar-refractivity contribution is 0.112. The highest BCUT2D eigenvalue weighted by atomic mass is 32.2. The van der Waals surface area contributed by atoms with Crippen molar-refractivity contribution in [2.45, 2.75) is 39.0 Å². The molecule has 0 fully saturated rings. The summed E-state index contributed by atoms with van der Waals surface area (Å²) in [6, 6.07) is 7.62. The van der Waals surface area contributed by atoms with E-state index >= 15 is 0 Å². The van der Waals surface area contributed by atoms with Crippen molar-refractivity contribution in [2.24, 2.45) is 10.4 Å². The molecule has 1 aromatic rings. The predicted molar refractivity (Wildman–Crippen MR) is 84.0 cm³/mol. The van der Waals surface area contributed by atoms with Crippen LogP contribution >= 0.6 is 11.8 Å². The molecule has 0 heterocycles. The van der Waals surface area contributed by atoms with Crippen molar-refractivity contribution in [3.63, 3.8) is 0 Å². The molecule has 3 heteroatoms. The highest BCUT2D eigenvalue weighted by Crippen LogP contribution is 2.39. The first-order chi connectivity index (χ1) is 8.93. The van der Waals surface area contributed by atoms with Crippen molar-refractivity contribution in [3.05, 3.63) is 40.4 Å². The van der Waals surface area contributed by atoms with Gasteiger partial charge in [-0.2, -0.15) is 0 Å². The molecule has 0 saturated heterocycles. The van der Waals surface area contributed by atoms with Gasteiger partial charge in [-0.05, 0) is 19.2 Å². The van der Waals surface area contributed by atoms with Gasteiger partial charge in [0.1, 0.15) is 0 Å². The fourth-order valence-corrected chi connectivity index (χ4v) is 3.09. The summed E-state index contributed by atoms with van der Waals surface area (Å²) in [5.74, 6) is 0. The van der Waals surface area contributed by atoms with E-state index in [-0.39, 0.29) is 5.41 Å². The van der Waals surface area contributed by atoms with E-state index in [1.165, 1.54) is 0 Å². The quantitative estimate of drug-likeness (QED) is 0.432. The second-order valence-electron chi connectivity index (χ2n) is 5.29. The molecule has 0 unspecified atom stereocenters. The number of thioether (sulfide) groups is 1. The molecule has 0 spiro atoms. The van der Waals surface area contributed by atoms with Crippen molar-refractivity contribution >= 4 is 24.8 Å². The molecule has 19 heavy (non-hydrogen) atoms. The van der Waals surface area contributed by atoms with E-state index in [1.54, 1.807) is 11.8 Å². The van der Waals surface area contributed by atoms with Gasteiger partial charge in [-0.3, -0.25) is 9.79 Å². The van der Waals surface area contributed by atoms with E-state index < -0.39 is 0 Å². The van der Waals surface area contributed by atoms with Crippen LogP contribution in [0, 0.1) is 5.41 Å². The lowest BCUT2D eigenvalue weighted by atomic mass is 9.91. The van der Waals surface area contributed by atoms with Gasteiger partial charge in [0.05, 0.1) is 5.70 Å². The van der Waals surface area contributed by atoms with Gasteiger partial charge < -0.3 is 0 Å². The first kappa shape index (κ1) is 15.7. The maximum Gasteiger partial charge on any atom is 0.151 e. The zero-order valence-corrected chi connectivity index (χ0v) is 12.9. The molecule has 0 aliphatic carbocycles. The Morgan fingerprint density at radius 1 is 1.37 bits per heavy atom. The maximum absolute atomic E-state index is 11.1. The number of hydrogen-bond acceptors (Lipinski definition) is 3. The molecule has 0 aliphatic heterocycles. The Morgan fingerprint density at radius 3 is 2.47 bits per heavy atom. The van der Waals surface area contributed by atoms with Gasteiger partial charge in [0, 0.05) is 20.8 Å². The average molecular weight is 275 g/mol. The van der Waals surface area contributed by atoms with E-state index in [2.05, 4.69) is 39.4 Å². The van der Waals surface area contributed by atoms with Gasteiger partial charge in [0.25, 0.3) is 0 Å². The van der Waals surface area contributed by atoms with Gasteiger partial charge in [0.15, 0.2) is 6.29 Å². The molecule has 102 valence electrons. The zero-order chi connectivity index (χ0) is 14.5. The SMILES string of the molecule is C=N/C(=C(/CC)Sc1ccccc1C=O)C(C)(C)C. The molecule has 0 amide bonds. The smallest absolute Gasteiger partial charge is 0.151 e. The van der Waals surface area contributed by atoms with Gasteiger partial charge >= 0.3 is 0 Å². The summed E-state index contributed by atoms with van der Waals surface area (Å²) in [7, 11) is 0. The molecule has 0 aliphatic rings. The Hall–Kier alpha value is -1.35. The van der Waals surface area contributed by atoms with Crippen LogP contribution in [0.4, 0.5) is 0 Å². The third-order valence-corrected chi connectivity index (χ3v) is 4.05. The number of carbonyl (C=O) groups excluding carboxylic acids is 1. The van der Waals surface area contributed by atoms with Crippen LogP contribution in [0.3, 0.4) is 0 Å². The normalized spacial score (nSPS) is 12.8. The Balaban J connectivity index is 3.22. The number of rotatable bonds is 5. The minimum absolute atomic E-state index is 0.0454. The van der Waals surface area contributed by atoms with Gasteiger partial charge in [-0.15, -0.1) is 0 Å². The highest BCUT2D eigenvalue weighted by molar-refractivity contribution is 8.03. The molecule has 0 saturated carbocycles. The number of benzene rings is 1. The predicted octanol–water partition coefficient (Wildman–Crippen LogP) is 4.96. The van der Waals surface area contributed by atoms with Gasteiger partial charge in [-0.1, -0.05) is 57.7 Å². The Morgan fingerprint density at radius 2 is 2.00 bits per heavy atom. The molecule has 2 nitrogen and oxygen atoms in total. The molecule has 1 rings (SSSR count). The highest BCUT2D eigenvalue weighted by Gasteiger charge is 2.20. The summed E-state index contributed by atoms with van der Waals surface area (Å²) < 4.78 is 0. The van der Waals surface area contributed by atoms with Crippen molar-refractivity contribution in [2.75, 3.05) is 0 Å². The minimum Gasteiger partial charge on any atom is -0.298 e. The molecule has 0 N–H and O–H groups in total. The average Bonchev–Trinajstić information content (AvgIpc) is 2.37. The van der Waals surface area contributed by atoms with Crippen molar-refractivity contribution in [3.8, 4) is 0 Å². The maximum atomic E-state index is 11.1. The summed E-state index contributed by atoms with van der Waals surface area (Å²) in [6.07, 6.45) is 1.77. The van der Waals surface area contributed by atoms with Gasteiger partial charge in [-0.25, -0.2) is 0 Å². The third-order valence-electron chi connectivity index (χ3n) is 2.73. The molecule has 1 aromatic carbocycles. The number of nitrogens with zero attached hydrogens (tertiary/aromatic N) is 1. The minimum atomic E-state index is -0.0454. The van der Waals surface area contributed by atoms with Crippen molar-refractivity contribution in [1.82, 2.24) is 0 Å². The number of carbonyl (C=O) groups is 1. The van der Waals surface area contributed by atoms with Crippen LogP contribution in [0.5, 0.6) is 0 Å². The van der Waals surface area contributed by atoms with Crippen LogP contribution in [0.2, 0.25) is 0 Å². The van der Waals surface area contributed by atoms with E-state index in [1.807, 2.05) is 24.3 Å². The molecular weight excluding hydrogens is 254 g/mol. The largest absolute Gasteiger partial charge is 0.298 e. The van der Waals surface area contributed by atoms with E-state index in [9.17, 15) is 4.79 Å². The molecular formula is C16H21NOS. The standard InChI is InChI=1S/C16H21NOS/c1-6-13(15(17-5)16(2,3)4)19-14-10-8-7-9-12(14)11-18/h7-11H,5-6H2,1-4H3/b15-13-. The topological polar surface area (TPSA) is 29.4 Å². The van der Waals surface area contributed by atoms with Crippen molar-refractivity contribution < 1.29 is 4.79 Å². The summed E-state index contributed by atoms with van der Waals surface area (Å²) in [6.45, 7) is 12.2. The summed E-state index contributed by atoms with van der Waals surface area (Å²) in [5, 5.41) is 0. The lowest BCUT2D eigenvalue weighted by Crippen LogP contribution is -2.09. The summed E-state index contributed by atoms with van der Waals surface area (Å²) >= 11 is 1.61. The fraction of sp³-hybridized carbons (Fsp3) is 0.375. The number of hydrogen-bond donors (Lipinski definition) is 0. The number of aldehydes is 1. The van der Waals surface area contributed by atoms with Crippen LogP contribution in [-0.4, -0.2) is 13.0 Å². The lowest BCUT2D eigenvalue weighted by Gasteiger charge is -2.22. The first-order valence-electron chi connectivity index (χ1n) is 6.36. The molecule has 0 radical (unpaired) electrons. The van der Waals surface area contributed by atoms with Crippen LogP contribution in [0.25, 0.3) is 0 Å². The summed E-state index contributed by atoms with van der Waals surface area (Å²) in [4.78, 5) is 17.4.